The van der Waals surface area contributed by atoms with E-state index in [-0.39, 0.29) is 6.54 Å². The van der Waals surface area contributed by atoms with Crippen molar-refractivity contribution in [2.45, 2.75) is 0 Å². The highest BCUT2D eigenvalue weighted by Gasteiger charge is 1.86. The zero-order valence-corrected chi connectivity index (χ0v) is 5.52. The maximum atomic E-state index is 10.3. The van der Waals surface area contributed by atoms with Crippen LogP contribution in [0, 0.1) is 0 Å². The molecule has 5 heteroatoms. The molecule has 0 saturated carbocycles. The van der Waals surface area contributed by atoms with Crippen LogP contribution in [0.25, 0.3) is 10.4 Å². The summed E-state index contributed by atoms with van der Waals surface area (Å²) < 4.78 is 4.27. The topological polar surface area (TPSA) is 75.1 Å². The van der Waals surface area contributed by atoms with Gasteiger partial charge in [0.05, 0.1) is 7.11 Å². The lowest BCUT2D eigenvalue weighted by atomic mass is 10.5. The van der Waals surface area contributed by atoms with Crippen LogP contribution in [0.4, 0.5) is 0 Å². The summed E-state index contributed by atoms with van der Waals surface area (Å²) in [6.45, 7) is 0.172. The van der Waals surface area contributed by atoms with Crippen molar-refractivity contribution >= 4 is 5.97 Å². The van der Waals surface area contributed by atoms with Crippen LogP contribution < -0.4 is 0 Å². The van der Waals surface area contributed by atoms with Crippen molar-refractivity contribution in [2.75, 3.05) is 13.7 Å². The molecule has 0 heterocycles. The van der Waals surface area contributed by atoms with Crippen LogP contribution in [0.3, 0.4) is 0 Å². The van der Waals surface area contributed by atoms with Crippen LogP contribution in [0.5, 0.6) is 0 Å². The Balaban J connectivity index is 3.55. The number of carbonyl (C=O) groups excluding carboxylic acids is 1. The molecule has 10 heavy (non-hydrogen) atoms. The van der Waals surface area contributed by atoms with E-state index in [1.165, 1.54) is 19.3 Å². The van der Waals surface area contributed by atoms with Gasteiger partial charge in [-0.15, -0.1) is 0 Å². The highest BCUT2D eigenvalue weighted by Crippen LogP contribution is 1.79. The first-order chi connectivity index (χ1) is 4.81. The monoisotopic (exact) mass is 141 g/mol. The Labute approximate surface area is 57.9 Å². The minimum Gasteiger partial charge on any atom is -0.466 e. The Morgan fingerprint density at radius 1 is 1.90 bits per heavy atom. The number of azide groups is 1. The number of hydrogen-bond donors (Lipinski definition) is 0. The highest BCUT2D eigenvalue weighted by atomic mass is 16.5. The van der Waals surface area contributed by atoms with Gasteiger partial charge in [-0.2, -0.15) is 0 Å². The van der Waals surface area contributed by atoms with Crippen LogP contribution in [-0.4, -0.2) is 19.6 Å². The Hall–Kier alpha value is -1.48. The Bertz CT molecular complexity index is 181. The van der Waals surface area contributed by atoms with Crippen LogP contribution in [-0.2, 0) is 9.53 Å². The molecule has 0 saturated heterocycles. The zero-order valence-electron chi connectivity index (χ0n) is 5.52. The summed E-state index contributed by atoms with van der Waals surface area (Å²) in [5, 5.41) is 3.16. The molecule has 5 nitrogen and oxygen atoms in total. The second-order valence-corrected chi connectivity index (χ2v) is 1.34. The first kappa shape index (κ1) is 8.52. The van der Waals surface area contributed by atoms with Gasteiger partial charge in [0.2, 0.25) is 0 Å². The molecule has 0 fully saturated rings. The standard InChI is InChI=1S/C5H7N3O2/c1-10-5(9)3-2-4-7-8-6/h2-3H,4H2,1H3/b3-2+. The minimum absolute atomic E-state index is 0.172. The second-order valence-electron chi connectivity index (χ2n) is 1.34. The SMILES string of the molecule is COC(=O)/C=C/CN=[N+]=[N-]. The summed E-state index contributed by atoms with van der Waals surface area (Å²) in [6, 6.07) is 0. The van der Waals surface area contributed by atoms with E-state index in [1.54, 1.807) is 0 Å². The predicted octanol–water partition coefficient (Wildman–Crippen LogP) is 1.03. The van der Waals surface area contributed by atoms with E-state index in [0.717, 1.165) is 0 Å². The fraction of sp³-hybridized carbons (Fsp3) is 0.400. The van der Waals surface area contributed by atoms with E-state index >= 15 is 0 Å². The molecule has 0 spiro atoms. The van der Waals surface area contributed by atoms with Gasteiger partial charge in [-0.1, -0.05) is 11.2 Å². The number of rotatable bonds is 3. The fourth-order valence-electron chi connectivity index (χ4n) is 0.301. The normalized spacial score (nSPS) is 8.90. The van der Waals surface area contributed by atoms with E-state index in [2.05, 4.69) is 14.8 Å². The molecule has 0 atom stereocenters. The van der Waals surface area contributed by atoms with E-state index in [0.29, 0.717) is 0 Å². The molecule has 0 N–H and O–H groups in total. The Kier molecular flexibility index (Phi) is 4.82. The third-order valence-corrected chi connectivity index (χ3v) is 0.705. The summed E-state index contributed by atoms with van der Waals surface area (Å²) in [7, 11) is 1.28. The van der Waals surface area contributed by atoms with Crippen molar-refractivity contribution in [2.24, 2.45) is 5.11 Å². The molecule has 0 radical (unpaired) electrons. The lowest BCUT2D eigenvalue weighted by Gasteiger charge is -1.86. The fourth-order valence-corrected chi connectivity index (χ4v) is 0.301. The van der Waals surface area contributed by atoms with Gasteiger partial charge in [-0.25, -0.2) is 4.79 Å². The molecule has 0 rings (SSSR count). The van der Waals surface area contributed by atoms with Crippen LogP contribution >= 0.6 is 0 Å². The quantitative estimate of drug-likeness (QED) is 0.193. The number of hydrogen-bond acceptors (Lipinski definition) is 3. The number of methoxy groups -OCH3 is 1. The van der Waals surface area contributed by atoms with E-state index < -0.39 is 5.97 Å². The van der Waals surface area contributed by atoms with Crippen LogP contribution in [0.2, 0.25) is 0 Å². The number of carbonyl (C=O) groups is 1. The second kappa shape index (κ2) is 5.65. The van der Waals surface area contributed by atoms with Crippen molar-refractivity contribution in [3.05, 3.63) is 22.6 Å². The van der Waals surface area contributed by atoms with Crippen LogP contribution in [0.15, 0.2) is 17.3 Å². The van der Waals surface area contributed by atoms with Gasteiger partial charge in [-0.3, -0.25) is 0 Å². The van der Waals surface area contributed by atoms with Crippen molar-refractivity contribution in [1.82, 2.24) is 0 Å². The van der Waals surface area contributed by atoms with Crippen molar-refractivity contribution in [3.63, 3.8) is 0 Å². The molecule has 0 aliphatic carbocycles. The summed E-state index contributed by atoms with van der Waals surface area (Å²) >= 11 is 0. The molecule has 0 aliphatic rings. The first-order valence-corrected chi connectivity index (χ1v) is 2.56. The summed E-state index contributed by atoms with van der Waals surface area (Å²) in [6.07, 6.45) is 2.63. The Morgan fingerprint density at radius 2 is 2.60 bits per heavy atom. The van der Waals surface area contributed by atoms with E-state index in [4.69, 9.17) is 5.53 Å². The summed E-state index contributed by atoms with van der Waals surface area (Å²) in [5.74, 6) is -0.451. The third kappa shape index (κ3) is 4.67. The highest BCUT2D eigenvalue weighted by molar-refractivity contribution is 5.81. The molecule has 54 valence electrons. The summed E-state index contributed by atoms with van der Waals surface area (Å²) in [4.78, 5) is 12.8. The molecule has 0 aromatic heterocycles. The maximum absolute atomic E-state index is 10.3. The lowest BCUT2D eigenvalue weighted by Crippen LogP contribution is -1.93. The molecule has 0 aliphatic heterocycles. The van der Waals surface area contributed by atoms with Crippen molar-refractivity contribution < 1.29 is 9.53 Å². The molecular formula is C5H7N3O2. The number of esters is 1. The van der Waals surface area contributed by atoms with Gasteiger partial charge < -0.3 is 4.74 Å². The van der Waals surface area contributed by atoms with Crippen molar-refractivity contribution in [1.29, 1.82) is 0 Å². The maximum Gasteiger partial charge on any atom is 0.330 e. The van der Waals surface area contributed by atoms with Gasteiger partial charge in [0.25, 0.3) is 0 Å². The summed E-state index contributed by atoms with van der Waals surface area (Å²) in [5.41, 5.74) is 7.80. The number of ether oxygens (including phenoxy) is 1. The van der Waals surface area contributed by atoms with Crippen LogP contribution in [0.1, 0.15) is 0 Å². The lowest BCUT2D eigenvalue weighted by molar-refractivity contribution is -0.134. The first-order valence-electron chi connectivity index (χ1n) is 2.56. The van der Waals surface area contributed by atoms with Gasteiger partial charge in [-0.05, 0) is 5.53 Å². The molecular weight excluding hydrogens is 134 g/mol. The minimum atomic E-state index is -0.451. The molecule has 0 amide bonds. The molecule has 0 unspecified atom stereocenters. The predicted molar refractivity (Wildman–Crippen MR) is 35.2 cm³/mol. The van der Waals surface area contributed by atoms with Gasteiger partial charge in [0.15, 0.2) is 0 Å². The Morgan fingerprint density at radius 3 is 3.10 bits per heavy atom. The van der Waals surface area contributed by atoms with Gasteiger partial charge in [0.1, 0.15) is 0 Å². The number of nitrogens with zero attached hydrogens (tertiary/aromatic N) is 3. The molecule has 0 bridgehead atoms. The molecule has 0 aromatic carbocycles. The zero-order chi connectivity index (χ0) is 7.82. The van der Waals surface area contributed by atoms with E-state index in [9.17, 15) is 4.79 Å². The smallest absolute Gasteiger partial charge is 0.330 e. The average molecular weight is 141 g/mol. The average Bonchev–Trinajstić information content (AvgIpc) is 1.98. The van der Waals surface area contributed by atoms with Gasteiger partial charge in [0, 0.05) is 17.5 Å². The van der Waals surface area contributed by atoms with Gasteiger partial charge >= 0.3 is 5.97 Å². The van der Waals surface area contributed by atoms with E-state index in [1.807, 2.05) is 0 Å². The van der Waals surface area contributed by atoms with Crippen molar-refractivity contribution in [3.8, 4) is 0 Å². The molecule has 0 aromatic rings. The largest absolute Gasteiger partial charge is 0.466 e. The third-order valence-electron chi connectivity index (χ3n) is 0.705.